The highest BCUT2D eigenvalue weighted by Gasteiger charge is 2.14. The predicted octanol–water partition coefficient (Wildman–Crippen LogP) is 5.83. The Labute approximate surface area is 190 Å². The molecule has 0 amide bonds. The third-order valence-corrected chi connectivity index (χ3v) is 6.12. The van der Waals surface area contributed by atoms with Gasteiger partial charge in [-0.3, -0.25) is 14.8 Å². The average molecular weight is 443 g/mol. The molecule has 2 aromatic heterocycles. The summed E-state index contributed by atoms with van der Waals surface area (Å²) in [5.74, 6) is 5.32. The summed E-state index contributed by atoms with van der Waals surface area (Å²) >= 11 is 1.69. The van der Waals surface area contributed by atoms with Gasteiger partial charge in [-0.15, -0.1) is 17.3 Å². The first kappa shape index (κ1) is 21.5. The van der Waals surface area contributed by atoms with Crippen molar-refractivity contribution in [1.82, 2.24) is 9.97 Å². The lowest BCUT2D eigenvalue weighted by atomic mass is 9.96. The maximum absolute atomic E-state index is 11.1. The molecular weight excluding hydrogens is 420 g/mol. The van der Waals surface area contributed by atoms with Crippen LogP contribution in [-0.4, -0.2) is 21.0 Å². The average Bonchev–Trinajstić information content (AvgIpc) is 3.21. The number of aromatic nitrogens is 2. The van der Waals surface area contributed by atoms with E-state index in [0.717, 1.165) is 39.2 Å². The molecule has 1 atom stereocenters. The molecule has 0 radical (unpaired) electrons. The minimum absolute atomic E-state index is 0.0186. The Morgan fingerprint density at radius 1 is 1.16 bits per heavy atom. The third-order valence-electron chi connectivity index (χ3n) is 5.16. The molecule has 0 fully saturated rings. The van der Waals surface area contributed by atoms with E-state index >= 15 is 0 Å². The van der Waals surface area contributed by atoms with Gasteiger partial charge in [-0.05, 0) is 49.2 Å². The van der Waals surface area contributed by atoms with Gasteiger partial charge in [-0.1, -0.05) is 24.1 Å². The summed E-state index contributed by atoms with van der Waals surface area (Å²) in [6.45, 7) is 4.11. The van der Waals surface area contributed by atoms with Crippen molar-refractivity contribution < 1.29 is 14.6 Å². The zero-order valence-corrected chi connectivity index (χ0v) is 18.6. The molecule has 0 saturated heterocycles. The van der Waals surface area contributed by atoms with Crippen molar-refractivity contribution in [3.8, 4) is 28.8 Å². The minimum Gasteiger partial charge on any atom is -0.489 e. The maximum atomic E-state index is 11.1. The molecular formula is C26H22N2O3S. The summed E-state index contributed by atoms with van der Waals surface area (Å²) < 4.78 is 7.18. The van der Waals surface area contributed by atoms with Crippen molar-refractivity contribution in [1.29, 1.82) is 0 Å². The smallest absolute Gasteiger partial charge is 0.304 e. The fourth-order valence-electron chi connectivity index (χ4n) is 3.59. The highest BCUT2D eigenvalue weighted by molar-refractivity contribution is 7.17. The second kappa shape index (κ2) is 9.63. The van der Waals surface area contributed by atoms with Crippen molar-refractivity contribution >= 4 is 27.4 Å². The van der Waals surface area contributed by atoms with Crippen LogP contribution in [0.5, 0.6) is 5.75 Å². The van der Waals surface area contributed by atoms with E-state index in [-0.39, 0.29) is 12.3 Å². The monoisotopic (exact) mass is 442 g/mol. The van der Waals surface area contributed by atoms with E-state index < -0.39 is 5.97 Å². The van der Waals surface area contributed by atoms with Gasteiger partial charge in [0.2, 0.25) is 0 Å². The molecule has 160 valence electrons. The molecule has 0 saturated carbocycles. The second-order valence-corrected chi connectivity index (χ2v) is 8.28. The van der Waals surface area contributed by atoms with Gasteiger partial charge in [0.25, 0.3) is 0 Å². The van der Waals surface area contributed by atoms with E-state index in [1.165, 1.54) is 4.70 Å². The quantitative estimate of drug-likeness (QED) is 0.365. The Kier molecular flexibility index (Phi) is 6.48. The fourth-order valence-corrected chi connectivity index (χ4v) is 4.51. The van der Waals surface area contributed by atoms with E-state index in [1.54, 1.807) is 30.7 Å². The zero-order chi connectivity index (χ0) is 22.5. The first-order chi connectivity index (χ1) is 15.5. The number of hydrogen-bond acceptors (Lipinski definition) is 5. The van der Waals surface area contributed by atoms with E-state index in [0.29, 0.717) is 6.61 Å². The van der Waals surface area contributed by atoms with Crippen LogP contribution in [0.3, 0.4) is 0 Å². The Balaban J connectivity index is 1.51. The fraction of sp³-hybridized carbons (Fsp3) is 0.192. The van der Waals surface area contributed by atoms with Crippen LogP contribution in [0.15, 0.2) is 60.2 Å². The molecule has 2 heterocycles. The van der Waals surface area contributed by atoms with E-state index in [4.69, 9.17) is 9.84 Å². The molecule has 2 aromatic carbocycles. The van der Waals surface area contributed by atoms with Gasteiger partial charge in [0, 0.05) is 33.4 Å². The van der Waals surface area contributed by atoms with Gasteiger partial charge >= 0.3 is 5.97 Å². The van der Waals surface area contributed by atoms with Crippen molar-refractivity contribution in [2.45, 2.75) is 32.8 Å². The third kappa shape index (κ3) is 4.79. The molecule has 5 nitrogen and oxygen atoms in total. The molecule has 6 heteroatoms. The lowest BCUT2D eigenvalue weighted by Crippen LogP contribution is -2.04. The number of hydrogen-bond donors (Lipinski definition) is 1. The summed E-state index contributed by atoms with van der Waals surface area (Å²) in [5.41, 5.74) is 4.82. The van der Waals surface area contributed by atoms with E-state index in [1.807, 2.05) is 31.2 Å². The number of carbonyl (C=O) groups is 1. The Bertz CT molecular complexity index is 1320. The van der Waals surface area contributed by atoms with Gasteiger partial charge in [0.15, 0.2) is 0 Å². The molecule has 4 rings (SSSR count). The maximum Gasteiger partial charge on any atom is 0.304 e. The summed E-state index contributed by atoms with van der Waals surface area (Å²) in [6, 6.07) is 13.8. The van der Waals surface area contributed by atoms with Gasteiger partial charge in [0.05, 0.1) is 23.7 Å². The van der Waals surface area contributed by atoms with E-state index in [9.17, 15) is 4.79 Å². The van der Waals surface area contributed by atoms with Crippen LogP contribution >= 0.6 is 11.3 Å². The first-order valence-electron chi connectivity index (χ1n) is 10.2. The van der Waals surface area contributed by atoms with Crippen molar-refractivity contribution in [3.05, 3.63) is 77.1 Å². The molecule has 32 heavy (non-hydrogen) atoms. The summed E-state index contributed by atoms with van der Waals surface area (Å²) in [5, 5.41) is 12.4. The van der Waals surface area contributed by atoms with Gasteiger partial charge < -0.3 is 9.84 Å². The standard InChI is InChI=1S/C26H22N2O3S/c1-3-4-20(14-25(29)30)19-6-8-21(9-7-19)31-15-18-5-10-24-22(13-18)23(16-32-24)26-17(2)27-11-12-28-26/h5-13,16,20H,14-15H2,1-2H3,(H,29,30). The van der Waals surface area contributed by atoms with Crippen molar-refractivity contribution in [3.63, 3.8) is 0 Å². The van der Waals surface area contributed by atoms with Crippen LogP contribution in [0.25, 0.3) is 21.3 Å². The van der Waals surface area contributed by atoms with Crippen LogP contribution in [0.4, 0.5) is 0 Å². The number of carboxylic acids is 1. The number of benzene rings is 2. The Morgan fingerprint density at radius 3 is 2.66 bits per heavy atom. The molecule has 0 spiro atoms. The normalized spacial score (nSPS) is 11.6. The van der Waals surface area contributed by atoms with Crippen molar-refractivity contribution in [2.24, 2.45) is 0 Å². The summed E-state index contributed by atoms with van der Waals surface area (Å²) in [4.78, 5) is 20.0. The zero-order valence-electron chi connectivity index (χ0n) is 17.8. The minimum atomic E-state index is -0.863. The lowest BCUT2D eigenvalue weighted by Gasteiger charge is -2.11. The number of rotatable bonds is 7. The number of fused-ring (bicyclic) bond motifs is 1. The Morgan fingerprint density at radius 2 is 1.94 bits per heavy atom. The topological polar surface area (TPSA) is 72.3 Å². The van der Waals surface area contributed by atoms with Crippen LogP contribution in [0, 0.1) is 18.8 Å². The molecule has 0 bridgehead atoms. The van der Waals surface area contributed by atoms with Crippen LogP contribution in [0.2, 0.25) is 0 Å². The number of thiophene rings is 1. The highest BCUT2D eigenvalue weighted by Crippen LogP contribution is 2.34. The molecule has 4 aromatic rings. The van der Waals surface area contributed by atoms with Crippen LogP contribution in [0.1, 0.15) is 36.1 Å². The van der Waals surface area contributed by atoms with Crippen LogP contribution < -0.4 is 4.74 Å². The molecule has 0 aliphatic rings. The molecule has 1 N–H and O–H groups in total. The first-order valence-corrected chi connectivity index (χ1v) is 11.1. The van der Waals surface area contributed by atoms with Crippen LogP contribution in [-0.2, 0) is 11.4 Å². The SMILES string of the molecule is CC#CC(CC(=O)O)c1ccc(OCc2ccc3scc(-c4nccnc4C)c3c2)cc1. The number of ether oxygens (including phenoxy) is 1. The van der Waals surface area contributed by atoms with Crippen molar-refractivity contribution in [2.75, 3.05) is 0 Å². The van der Waals surface area contributed by atoms with Gasteiger partial charge in [0.1, 0.15) is 12.4 Å². The second-order valence-electron chi connectivity index (χ2n) is 7.37. The number of nitrogens with zero attached hydrogens (tertiary/aromatic N) is 2. The largest absolute Gasteiger partial charge is 0.489 e. The Hall–Kier alpha value is -3.69. The summed E-state index contributed by atoms with van der Waals surface area (Å²) in [7, 11) is 0. The number of carboxylic acid groups (broad SMARTS) is 1. The highest BCUT2D eigenvalue weighted by atomic mass is 32.1. The molecule has 0 aliphatic heterocycles. The number of aryl methyl sites for hydroxylation is 1. The summed E-state index contributed by atoms with van der Waals surface area (Å²) in [6.07, 6.45) is 3.40. The van der Waals surface area contributed by atoms with Gasteiger partial charge in [-0.25, -0.2) is 0 Å². The lowest BCUT2D eigenvalue weighted by molar-refractivity contribution is -0.137. The predicted molar refractivity (Wildman–Crippen MR) is 127 cm³/mol. The molecule has 1 unspecified atom stereocenters. The molecule has 0 aliphatic carbocycles. The van der Waals surface area contributed by atoms with E-state index in [2.05, 4.69) is 45.4 Å². The van der Waals surface area contributed by atoms with Gasteiger partial charge in [-0.2, -0.15) is 0 Å². The number of aliphatic carboxylic acids is 1.